The molecule has 10 heteroatoms. The maximum atomic E-state index is 12.8. The van der Waals surface area contributed by atoms with Gasteiger partial charge in [0.15, 0.2) is 6.10 Å². The van der Waals surface area contributed by atoms with Gasteiger partial charge in [-0.25, -0.2) is 0 Å². The molecule has 0 heterocycles. The average Bonchev–Trinajstić information content (AvgIpc) is 3.37. The Labute approximate surface area is 462 Å². The van der Waals surface area contributed by atoms with Gasteiger partial charge in [-0.2, -0.15) is 0 Å². The summed E-state index contributed by atoms with van der Waals surface area (Å²) in [5.74, 6) is -0.898. The van der Waals surface area contributed by atoms with Crippen LogP contribution in [-0.4, -0.2) is 70.0 Å². The van der Waals surface area contributed by atoms with Crippen molar-refractivity contribution in [1.29, 1.82) is 0 Å². The molecule has 0 aliphatic carbocycles. The Hall–Kier alpha value is -2.81. The van der Waals surface area contributed by atoms with Crippen LogP contribution in [0.1, 0.15) is 264 Å². The quantitative estimate of drug-likeness (QED) is 0.0195. The lowest BCUT2D eigenvalue weighted by molar-refractivity contribution is -0.870. The molecule has 0 spiro atoms. The third-order valence-corrected chi connectivity index (χ3v) is 14.1. The standard InChI is InChI=1S/C65H116NO8P/c1-6-8-10-12-14-16-18-20-22-24-26-28-30-31-32-33-34-36-37-39-41-43-45-47-49-51-53-55-57-64(67)71-61-63(62-73-75(69,70)72-60-59-66(3,4)5)74-65(68)58-56-54-52-50-48-46-44-42-40-38-35-29-27-25-23-21-19-17-15-13-11-9-7-2/h9,11,15,17,21,23,27,29,38,40,44,46,50,52,63H,6-8,10,12-14,16,18-20,22,24-26,28,30-37,39,41-43,45,47-49,51,53-62H2,1-5H3/b11-9-,17-15-,23-21-,29-27-,40-38-,46-44-,52-50-. The highest BCUT2D eigenvalue weighted by Gasteiger charge is 2.21. The molecule has 0 aliphatic rings. The van der Waals surface area contributed by atoms with E-state index in [2.05, 4.69) is 92.8 Å². The van der Waals surface area contributed by atoms with E-state index in [1.807, 2.05) is 27.2 Å². The number of nitrogens with zero attached hydrogens (tertiary/aromatic N) is 1. The molecule has 0 rings (SSSR count). The number of esters is 2. The Kier molecular flexibility index (Phi) is 53.8. The van der Waals surface area contributed by atoms with E-state index in [9.17, 15) is 19.0 Å². The lowest BCUT2D eigenvalue weighted by Gasteiger charge is -2.28. The van der Waals surface area contributed by atoms with E-state index in [0.717, 1.165) is 64.2 Å². The van der Waals surface area contributed by atoms with Gasteiger partial charge in [-0.1, -0.05) is 272 Å². The number of phosphoric acid groups is 1. The number of carbonyl (C=O) groups is 2. The second-order valence-electron chi connectivity index (χ2n) is 21.7. The van der Waals surface area contributed by atoms with Crippen LogP contribution < -0.4 is 4.89 Å². The minimum Gasteiger partial charge on any atom is -0.756 e. The average molecular weight is 1070 g/mol. The number of hydrogen-bond acceptors (Lipinski definition) is 8. The zero-order valence-electron chi connectivity index (χ0n) is 49.2. The first-order valence-corrected chi connectivity index (χ1v) is 32.3. The number of unbranched alkanes of at least 4 members (excludes halogenated alkanes) is 28. The summed E-state index contributed by atoms with van der Waals surface area (Å²) in [6.07, 6.45) is 75.2. The van der Waals surface area contributed by atoms with Crippen molar-refractivity contribution in [3.63, 3.8) is 0 Å². The van der Waals surface area contributed by atoms with Crippen LogP contribution in [0.2, 0.25) is 0 Å². The molecule has 75 heavy (non-hydrogen) atoms. The molecule has 0 amide bonds. The zero-order chi connectivity index (χ0) is 54.9. The third-order valence-electron chi connectivity index (χ3n) is 13.2. The summed E-state index contributed by atoms with van der Waals surface area (Å²) >= 11 is 0. The summed E-state index contributed by atoms with van der Waals surface area (Å²) < 4.78 is 34.1. The Bertz CT molecular complexity index is 1540. The maximum Gasteiger partial charge on any atom is 0.306 e. The fourth-order valence-electron chi connectivity index (χ4n) is 8.47. The van der Waals surface area contributed by atoms with E-state index in [0.29, 0.717) is 23.9 Å². The van der Waals surface area contributed by atoms with Gasteiger partial charge in [0.2, 0.25) is 0 Å². The smallest absolute Gasteiger partial charge is 0.306 e. The van der Waals surface area contributed by atoms with E-state index >= 15 is 0 Å². The highest BCUT2D eigenvalue weighted by atomic mass is 31.2. The Morgan fingerprint density at radius 3 is 1.12 bits per heavy atom. The molecule has 0 aromatic rings. The minimum absolute atomic E-state index is 0.0446. The molecule has 0 saturated carbocycles. The van der Waals surface area contributed by atoms with Crippen molar-refractivity contribution >= 4 is 19.8 Å². The first-order valence-electron chi connectivity index (χ1n) is 30.8. The summed E-state index contributed by atoms with van der Waals surface area (Å²) in [7, 11) is 1.13. The second kappa shape index (κ2) is 55.9. The van der Waals surface area contributed by atoms with E-state index in [1.54, 1.807) is 0 Å². The van der Waals surface area contributed by atoms with Crippen LogP contribution in [0.25, 0.3) is 0 Å². The predicted octanol–water partition coefficient (Wildman–Crippen LogP) is 18.8. The molecule has 2 unspecified atom stereocenters. The van der Waals surface area contributed by atoms with Crippen molar-refractivity contribution < 1.29 is 42.1 Å². The van der Waals surface area contributed by atoms with Crippen LogP contribution in [0.15, 0.2) is 85.1 Å². The molecule has 9 nitrogen and oxygen atoms in total. The molecule has 434 valence electrons. The van der Waals surface area contributed by atoms with Crippen molar-refractivity contribution in [3.8, 4) is 0 Å². The van der Waals surface area contributed by atoms with Gasteiger partial charge in [0.25, 0.3) is 7.82 Å². The number of phosphoric ester groups is 1. The molecular formula is C65H116NO8P. The lowest BCUT2D eigenvalue weighted by atomic mass is 10.0. The summed E-state index contributed by atoms with van der Waals surface area (Å²) in [6.45, 7) is 4.08. The molecule has 0 aromatic heterocycles. The number of ether oxygens (including phenoxy) is 2. The van der Waals surface area contributed by atoms with Gasteiger partial charge in [-0.05, 0) is 64.2 Å². The van der Waals surface area contributed by atoms with Crippen LogP contribution in [0.4, 0.5) is 0 Å². The van der Waals surface area contributed by atoms with Gasteiger partial charge < -0.3 is 27.9 Å². The number of quaternary nitrogens is 1. The van der Waals surface area contributed by atoms with Gasteiger partial charge in [-0.15, -0.1) is 0 Å². The van der Waals surface area contributed by atoms with Gasteiger partial charge in [0, 0.05) is 12.8 Å². The molecule has 0 saturated heterocycles. The Morgan fingerprint density at radius 1 is 0.427 bits per heavy atom. The van der Waals surface area contributed by atoms with Crippen LogP contribution in [0.3, 0.4) is 0 Å². The molecule has 0 fully saturated rings. The van der Waals surface area contributed by atoms with E-state index in [4.69, 9.17) is 18.5 Å². The lowest BCUT2D eigenvalue weighted by Crippen LogP contribution is -2.37. The number of likely N-dealkylation sites (N-methyl/N-ethyl adjacent to an activating group) is 1. The highest BCUT2D eigenvalue weighted by molar-refractivity contribution is 7.45. The normalized spacial score (nSPS) is 13.8. The molecule has 0 N–H and O–H groups in total. The fraction of sp³-hybridized carbons (Fsp3) is 0.754. The summed E-state index contributed by atoms with van der Waals surface area (Å²) in [6, 6.07) is 0. The summed E-state index contributed by atoms with van der Waals surface area (Å²) in [4.78, 5) is 37.9. The molecule has 0 aromatic carbocycles. The van der Waals surface area contributed by atoms with E-state index < -0.39 is 32.5 Å². The summed E-state index contributed by atoms with van der Waals surface area (Å²) in [5.41, 5.74) is 0. The molecule has 0 bridgehead atoms. The number of hydrogen-bond donors (Lipinski definition) is 0. The third kappa shape index (κ3) is 60.3. The van der Waals surface area contributed by atoms with Crippen molar-refractivity contribution in [2.24, 2.45) is 0 Å². The van der Waals surface area contributed by atoms with Crippen LogP contribution in [0, 0.1) is 0 Å². The molecular weight excluding hydrogens is 954 g/mol. The van der Waals surface area contributed by atoms with Gasteiger partial charge in [0.1, 0.15) is 19.8 Å². The fourth-order valence-corrected chi connectivity index (χ4v) is 9.20. The minimum atomic E-state index is -4.66. The SMILES string of the molecule is CC/C=C\C/C=C\C/C=C\C/C=C\C/C=C\C/C=C\C/C=C\CCCC(=O)OC(COC(=O)CCCCCCCCCCCCCCCCCCCCCCCCCCCCCC)COP(=O)([O-])OCC[N+](C)(C)C. The topological polar surface area (TPSA) is 111 Å². The van der Waals surface area contributed by atoms with Gasteiger partial charge >= 0.3 is 11.9 Å². The molecule has 0 radical (unpaired) electrons. The van der Waals surface area contributed by atoms with Gasteiger partial charge in [-0.3, -0.25) is 14.2 Å². The van der Waals surface area contributed by atoms with Crippen LogP contribution in [0.5, 0.6) is 0 Å². The zero-order valence-corrected chi connectivity index (χ0v) is 50.1. The van der Waals surface area contributed by atoms with Crippen LogP contribution in [-0.2, 0) is 32.7 Å². The molecule has 2 atom stereocenters. The monoisotopic (exact) mass is 1070 g/mol. The first-order chi connectivity index (χ1) is 36.5. The van der Waals surface area contributed by atoms with E-state index in [1.165, 1.54) is 161 Å². The van der Waals surface area contributed by atoms with Crippen molar-refractivity contribution in [2.45, 2.75) is 270 Å². The number of allylic oxidation sites excluding steroid dienone is 14. The van der Waals surface area contributed by atoms with Crippen molar-refractivity contribution in [1.82, 2.24) is 0 Å². The summed E-state index contributed by atoms with van der Waals surface area (Å²) in [5, 5.41) is 0. The highest BCUT2D eigenvalue weighted by Crippen LogP contribution is 2.38. The first kappa shape index (κ1) is 72.2. The second-order valence-corrected chi connectivity index (χ2v) is 23.1. The van der Waals surface area contributed by atoms with Crippen molar-refractivity contribution in [3.05, 3.63) is 85.1 Å². The van der Waals surface area contributed by atoms with Gasteiger partial charge in [0.05, 0.1) is 27.7 Å². The number of carbonyl (C=O) groups excluding carboxylic acids is 2. The number of rotatable bonds is 56. The van der Waals surface area contributed by atoms with Crippen LogP contribution >= 0.6 is 7.82 Å². The predicted molar refractivity (Wildman–Crippen MR) is 319 cm³/mol. The van der Waals surface area contributed by atoms with Crippen molar-refractivity contribution in [2.75, 3.05) is 47.5 Å². The Morgan fingerprint density at radius 2 is 0.760 bits per heavy atom. The Balaban J connectivity index is 4.18. The largest absolute Gasteiger partial charge is 0.756 e. The maximum absolute atomic E-state index is 12.8. The van der Waals surface area contributed by atoms with E-state index in [-0.39, 0.29) is 26.1 Å². The molecule has 0 aliphatic heterocycles.